The lowest BCUT2D eigenvalue weighted by molar-refractivity contribution is -0.155. The van der Waals surface area contributed by atoms with Gasteiger partial charge < -0.3 is 19.5 Å². The van der Waals surface area contributed by atoms with E-state index in [-0.39, 0.29) is 6.61 Å². The number of rotatable bonds is 7. The second kappa shape index (κ2) is 11.0. The van der Waals surface area contributed by atoms with Crippen molar-refractivity contribution >= 4 is 23.9 Å². The summed E-state index contributed by atoms with van der Waals surface area (Å²) in [7, 11) is 0. The van der Waals surface area contributed by atoms with Crippen molar-refractivity contribution in [3.8, 4) is 0 Å². The molecule has 0 saturated carbocycles. The van der Waals surface area contributed by atoms with Crippen LogP contribution in [0.25, 0.3) is 0 Å². The highest BCUT2D eigenvalue weighted by molar-refractivity contribution is 5.87. The lowest BCUT2D eigenvalue weighted by Gasteiger charge is -2.29. The van der Waals surface area contributed by atoms with Crippen LogP contribution in [0, 0.1) is 0 Å². The number of carbonyl (C=O) groups is 4. The van der Waals surface area contributed by atoms with E-state index in [1.807, 2.05) is 18.2 Å². The number of nitrogens with zero attached hydrogens (tertiary/aromatic N) is 1. The highest BCUT2D eigenvalue weighted by Crippen LogP contribution is 2.22. The van der Waals surface area contributed by atoms with Gasteiger partial charge in [-0.2, -0.15) is 0 Å². The highest BCUT2D eigenvalue weighted by atomic mass is 16.6. The average molecular weight is 449 g/mol. The third-order valence-electron chi connectivity index (χ3n) is 4.85. The fourth-order valence-corrected chi connectivity index (χ4v) is 3.32. The van der Waals surface area contributed by atoms with Crippen LogP contribution in [-0.4, -0.2) is 59.2 Å². The van der Waals surface area contributed by atoms with Crippen molar-refractivity contribution < 1.29 is 33.4 Å². The molecular formula is C23H32N2O7. The molecule has 2 amide bonds. The van der Waals surface area contributed by atoms with Crippen LogP contribution in [0.1, 0.15) is 53.0 Å². The molecule has 0 spiro atoms. The van der Waals surface area contributed by atoms with Crippen LogP contribution in [0.3, 0.4) is 0 Å². The Labute approximate surface area is 188 Å². The van der Waals surface area contributed by atoms with Gasteiger partial charge in [0.05, 0.1) is 0 Å². The van der Waals surface area contributed by atoms with Crippen molar-refractivity contribution in [2.24, 2.45) is 0 Å². The summed E-state index contributed by atoms with van der Waals surface area (Å²) in [6.45, 7) is 8.45. The Kier molecular flexibility index (Phi) is 8.63. The standard InChI is InChI=1S/C23H32N2O7/c1-15(26)19(24-21(28)30-14-17-10-7-6-8-11-17)16(2)31-20(27)18-12-9-13-25(18)22(29)32-23(3,4)5/h6-8,10-11,16,18-19H,9,12-14H2,1-5H3,(H,24,28)/t16-,18+,19-/m1/s1. The van der Waals surface area contributed by atoms with Crippen LogP contribution in [0.2, 0.25) is 0 Å². The second-order valence-corrected chi connectivity index (χ2v) is 8.77. The van der Waals surface area contributed by atoms with Crippen LogP contribution >= 0.6 is 0 Å². The molecule has 9 nitrogen and oxygen atoms in total. The summed E-state index contributed by atoms with van der Waals surface area (Å²) in [6.07, 6.45) is -1.27. The number of alkyl carbamates (subject to hydrolysis) is 1. The number of nitrogens with one attached hydrogen (secondary N) is 1. The van der Waals surface area contributed by atoms with E-state index in [4.69, 9.17) is 14.2 Å². The molecule has 1 aliphatic rings. The van der Waals surface area contributed by atoms with Crippen molar-refractivity contribution in [2.45, 2.75) is 77.9 Å². The van der Waals surface area contributed by atoms with Gasteiger partial charge in [0.25, 0.3) is 0 Å². The summed E-state index contributed by atoms with van der Waals surface area (Å²) in [5.74, 6) is -1.04. The van der Waals surface area contributed by atoms with Crippen molar-refractivity contribution in [3.05, 3.63) is 35.9 Å². The van der Waals surface area contributed by atoms with E-state index in [0.717, 1.165) is 5.56 Å². The first-order chi connectivity index (χ1) is 15.0. The molecule has 1 fully saturated rings. The smallest absolute Gasteiger partial charge is 0.411 e. The molecule has 0 aromatic heterocycles. The number of Topliss-reactive ketones (excluding diaryl/α,β-unsaturated/α-hetero) is 1. The fourth-order valence-electron chi connectivity index (χ4n) is 3.32. The molecule has 0 radical (unpaired) electrons. The molecule has 1 saturated heterocycles. The first-order valence-corrected chi connectivity index (χ1v) is 10.7. The molecule has 0 aliphatic carbocycles. The molecule has 0 bridgehead atoms. The monoisotopic (exact) mass is 448 g/mol. The first kappa shape index (κ1) is 25.2. The van der Waals surface area contributed by atoms with Crippen molar-refractivity contribution in [1.29, 1.82) is 0 Å². The molecule has 1 heterocycles. The molecule has 1 N–H and O–H groups in total. The van der Waals surface area contributed by atoms with Crippen LogP contribution in [0.15, 0.2) is 30.3 Å². The third-order valence-corrected chi connectivity index (χ3v) is 4.85. The normalized spacial score (nSPS) is 17.8. The number of ketones is 1. The maximum absolute atomic E-state index is 12.7. The summed E-state index contributed by atoms with van der Waals surface area (Å²) in [6, 6.07) is 7.21. The second-order valence-electron chi connectivity index (χ2n) is 8.77. The lowest BCUT2D eigenvalue weighted by Crippen LogP contribution is -2.50. The molecule has 0 unspecified atom stereocenters. The Bertz CT molecular complexity index is 819. The van der Waals surface area contributed by atoms with Gasteiger partial charge in [0.15, 0.2) is 5.78 Å². The van der Waals surface area contributed by atoms with E-state index in [9.17, 15) is 19.2 Å². The van der Waals surface area contributed by atoms with E-state index in [0.29, 0.717) is 19.4 Å². The maximum atomic E-state index is 12.7. The van der Waals surface area contributed by atoms with Crippen LogP contribution in [0.4, 0.5) is 9.59 Å². The van der Waals surface area contributed by atoms with Crippen molar-refractivity contribution in [3.63, 3.8) is 0 Å². The minimum Gasteiger partial charge on any atom is -0.458 e. The van der Waals surface area contributed by atoms with Crippen LogP contribution in [-0.2, 0) is 30.4 Å². The molecule has 3 atom stereocenters. The third kappa shape index (κ3) is 7.55. The van der Waals surface area contributed by atoms with E-state index in [2.05, 4.69) is 5.32 Å². The quantitative estimate of drug-likeness (QED) is 0.504. The average Bonchev–Trinajstić information content (AvgIpc) is 3.20. The van der Waals surface area contributed by atoms with Crippen molar-refractivity contribution in [2.75, 3.05) is 6.54 Å². The Morgan fingerprint density at radius 1 is 1.16 bits per heavy atom. The Hall–Kier alpha value is -3.10. The first-order valence-electron chi connectivity index (χ1n) is 10.7. The number of amides is 2. The zero-order chi connectivity index (χ0) is 23.9. The minimum absolute atomic E-state index is 0.0401. The summed E-state index contributed by atoms with van der Waals surface area (Å²) in [4.78, 5) is 50.7. The van der Waals surface area contributed by atoms with Gasteiger partial charge in [-0.1, -0.05) is 30.3 Å². The SMILES string of the molecule is CC(=O)[C@@H](NC(=O)OCc1ccccc1)[C@@H](C)OC(=O)[C@@H]1CCCN1C(=O)OC(C)(C)C. The number of ether oxygens (including phenoxy) is 3. The zero-order valence-electron chi connectivity index (χ0n) is 19.3. The van der Waals surface area contributed by atoms with Gasteiger partial charge in [-0.3, -0.25) is 9.69 Å². The molecule has 176 valence electrons. The number of likely N-dealkylation sites (tertiary alicyclic amines) is 1. The molecule has 1 aliphatic heterocycles. The van der Waals surface area contributed by atoms with Gasteiger partial charge in [-0.25, -0.2) is 14.4 Å². The summed E-state index contributed by atoms with van der Waals surface area (Å²) >= 11 is 0. The predicted molar refractivity (Wildman–Crippen MR) is 116 cm³/mol. The lowest BCUT2D eigenvalue weighted by atomic mass is 10.1. The molecule has 2 rings (SSSR count). The maximum Gasteiger partial charge on any atom is 0.411 e. The molecule has 32 heavy (non-hydrogen) atoms. The fraction of sp³-hybridized carbons (Fsp3) is 0.565. The van der Waals surface area contributed by atoms with Gasteiger partial charge in [-0.15, -0.1) is 0 Å². The Morgan fingerprint density at radius 2 is 1.81 bits per heavy atom. The topological polar surface area (TPSA) is 111 Å². The number of hydrogen-bond donors (Lipinski definition) is 1. The van der Waals surface area contributed by atoms with Crippen LogP contribution < -0.4 is 5.32 Å². The van der Waals surface area contributed by atoms with E-state index in [1.165, 1.54) is 18.7 Å². The summed E-state index contributed by atoms with van der Waals surface area (Å²) < 4.78 is 16.0. The van der Waals surface area contributed by atoms with Crippen molar-refractivity contribution in [1.82, 2.24) is 10.2 Å². The van der Waals surface area contributed by atoms with Gasteiger partial charge in [0.1, 0.15) is 30.4 Å². The molecular weight excluding hydrogens is 416 g/mol. The zero-order valence-corrected chi connectivity index (χ0v) is 19.3. The molecule has 9 heteroatoms. The molecule has 1 aromatic carbocycles. The minimum atomic E-state index is -1.08. The Balaban J connectivity index is 1.94. The van der Waals surface area contributed by atoms with Gasteiger partial charge in [0, 0.05) is 6.54 Å². The van der Waals surface area contributed by atoms with E-state index < -0.39 is 47.7 Å². The largest absolute Gasteiger partial charge is 0.458 e. The van der Waals surface area contributed by atoms with Gasteiger partial charge >= 0.3 is 18.2 Å². The predicted octanol–water partition coefficient (Wildman–Crippen LogP) is 3.20. The summed E-state index contributed by atoms with van der Waals surface area (Å²) in [5.41, 5.74) is 0.107. The number of benzene rings is 1. The summed E-state index contributed by atoms with van der Waals surface area (Å²) in [5, 5.41) is 2.45. The highest BCUT2D eigenvalue weighted by Gasteiger charge is 2.39. The van der Waals surface area contributed by atoms with Gasteiger partial charge in [0.2, 0.25) is 0 Å². The number of hydrogen-bond acceptors (Lipinski definition) is 7. The van der Waals surface area contributed by atoms with E-state index >= 15 is 0 Å². The van der Waals surface area contributed by atoms with Crippen LogP contribution in [0.5, 0.6) is 0 Å². The van der Waals surface area contributed by atoms with E-state index in [1.54, 1.807) is 32.9 Å². The Morgan fingerprint density at radius 3 is 2.41 bits per heavy atom. The number of esters is 1. The molecule has 1 aromatic rings. The number of carbonyl (C=O) groups excluding carboxylic acids is 4. The van der Waals surface area contributed by atoms with Gasteiger partial charge in [-0.05, 0) is 53.0 Å².